The Labute approximate surface area is 113 Å². The highest BCUT2D eigenvalue weighted by atomic mass is 16.7. The number of rotatable bonds is 2. The second-order valence-corrected chi connectivity index (χ2v) is 5.17. The molecular formula is C15H19NO3. The van der Waals surface area contributed by atoms with Crippen LogP contribution in [0.1, 0.15) is 30.1 Å². The number of para-hydroxylation sites is 1. The molecule has 1 aromatic carbocycles. The van der Waals surface area contributed by atoms with Gasteiger partial charge in [0, 0.05) is 37.2 Å². The average Bonchev–Trinajstić information content (AvgIpc) is 2.88. The molecular weight excluding hydrogens is 242 g/mol. The largest absolute Gasteiger partial charge is 0.371 e. The van der Waals surface area contributed by atoms with Crippen LogP contribution in [-0.4, -0.2) is 37.9 Å². The van der Waals surface area contributed by atoms with Gasteiger partial charge in [0.2, 0.25) is 0 Å². The standard InChI is InChI=1S/C15H19NO3/c1-12(17)13-4-2-3-5-14(13)16-8-6-15(7-9-16)18-10-11-19-15/h2-5H,6-11H2,1H3. The van der Waals surface area contributed by atoms with E-state index in [0.717, 1.165) is 37.2 Å². The maximum atomic E-state index is 11.7. The summed E-state index contributed by atoms with van der Waals surface area (Å²) in [5.41, 5.74) is 1.83. The predicted octanol–water partition coefficient (Wildman–Crippen LogP) is 2.23. The minimum atomic E-state index is -0.359. The minimum absolute atomic E-state index is 0.115. The molecule has 4 nitrogen and oxygen atoms in total. The van der Waals surface area contributed by atoms with Crippen molar-refractivity contribution in [2.24, 2.45) is 0 Å². The fourth-order valence-electron chi connectivity index (χ4n) is 2.92. The molecule has 1 aromatic rings. The van der Waals surface area contributed by atoms with Crippen LogP contribution in [-0.2, 0) is 9.47 Å². The first-order valence-corrected chi connectivity index (χ1v) is 6.83. The van der Waals surface area contributed by atoms with E-state index in [1.54, 1.807) is 6.92 Å². The maximum absolute atomic E-state index is 11.7. The van der Waals surface area contributed by atoms with Gasteiger partial charge in [-0.15, -0.1) is 0 Å². The van der Waals surface area contributed by atoms with Crippen LogP contribution in [0.15, 0.2) is 24.3 Å². The highest BCUT2D eigenvalue weighted by Gasteiger charge is 2.40. The Morgan fingerprint density at radius 3 is 2.42 bits per heavy atom. The van der Waals surface area contributed by atoms with E-state index in [1.807, 2.05) is 24.3 Å². The third-order valence-corrected chi connectivity index (χ3v) is 3.96. The summed E-state index contributed by atoms with van der Waals surface area (Å²) in [7, 11) is 0. The number of ketones is 1. The van der Waals surface area contributed by atoms with Gasteiger partial charge in [-0.2, -0.15) is 0 Å². The van der Waals surface area contributed by atoms with Gasteiger partial charge in [0.25, 0.3) is 0 Å². The number of carbonyl (C=O) groups is 1. The number of anilines is 1. The van der Waals surface area contributed by atoms with Gasteiger partial charge in [0.15, 0.2) is 11.6 Å². The molecule has 0 bridgehead atoms. The lowest BCUT2D eigenvalue weighted by molar-refractivity contribution is -0.169. The van der Waals surface area contributed by atoms with E-state index < -0.39 is 0 Å². The van der Waals surface area contributed by atoms with Crippen molar-refractivity contribution in [2.75, 3.05) is 31.2 Å². The number of ether oxygens (including phenoxy) is 2. The van der Waals surface area contributed by atoms with Crippen molar-refractivity contribution in [3.05, 3.63) is 29.8 Å². The Bertz CT molecular complexity index is 470. The lowest BCUT2D eigenvalue weighted by Crippen LogP contribution is -2.45. The van der Waals surface area contributed by atoms with Crippen LogP contribution in [0.5, 0.6) is 0 Å². The van der Waals surface area contributed by atoms with E-state index in [0.29, 0.717) is 13.2 Å². The van der Waals surface area contributed by atoms with Crippen LogP contribution >= 0.6 is 0 Å². The fourth-order valence-corrected chi connectivity index (χ4v) is 2.92. The van der Waals surface area contributed by atoms with Crippen LogP contribution in [0, 0.1) is 0 Å². The second kappa shape index (κ2) is 4.94. The van der Waals surface area contributed by atoms with Crippen molar-refractivity contribution in [3.63, 3.8) is 0 Å². The maximum Gasteiger partial charge on any atom is 0.171 e. The minimum Gasteiger partial charge on any atom is -0.371 e. The zero-order valence-corrected chi connectivity index (χ0v) is 11.2. The van der Waals surface area contributed by atoms with Crippen LogP contribution in [0.25, 0.3) is 0 Å². The molecule has 0 radical (unpaired) electrons. The molecule has 0 atom stereocenters. The van der Waals surface area contributed by atoms with Gasteiger partial charge in [-0.3, -0.25) is 4.79 Å². The lowest BCUT2D eigenvalue weighted by atomic mass is 10.0. The molecule has 102 valence electrons. The van der Waals surface area contributed by atoms with E-state index in [1.165, 1.54) is 0 Å². The summed E-state index contributed by atoms with van der Waals surface area (Å²) >= 11 is 0. The molecule has 0 N–H and O–H groups in total. The van der Waals surface area contributed by atoms with Gasteiger partial charge in [-0.25, -0.2) is 0 Å². The molecule has 0 saturated carbocycles. The van der Waals surface area contributed by atoms with Gasteiger partial charge in [-0.05, 0) is 19.1 Å². The Kier molecular flexibility index (Phi) is 3.29. The third-order valence-electron chi connectivity index (χ3n) is 3.96. The van der Waals surface area contributed by atoms with Crippen molar-refractivity contribution < 1.29 is 14.3 Å². The summed E-state index contributed by atoms with van der Waals surface area (Å²) < 4.78 is 11.5. The molecule has 0 aliphatic carbocycles. The van der Waals surface area contributed by atoms with Crippen molar-refractivity contribution >= 4 is 11.5 Å². The second-order valence-electron chi connectivity index (χ2n) is 5.17. The quantitative estimate of drug-likeness (QED) is 0.765. The summed E-state index contributed by atoms with van der Waals surface area (Å²) in [4.78, 5) is 13.9. The molecule has 19 heavy (non-hydrogen) atoms. The fraction of sp³-hybridized carbons (Fsp3) is 0.533. The normalized spacial score (nSPS) is 21.8. The van der Waals surface area contributed by atoms with E-state index in [9.17, 15) is 4.79 Å². The van der Waals surface area contributed by atoms with Crippen molar-refractivity contribution in [3.8, 4) is 0 Å². The smallest absolute Gasteiger partial charge is 0.171 e. The highest BCUT2D eigenvalue weighted by Crippen LogP contribution is 2.34. The first kappa shape index (κ1) is 12.6. The van der Waals surface area contributed by atoms with Gasteiger partial charge in [0.1, 0.15) is 0 Å². The number of hydrogen-bond donors (Lipinski definition) is 0. The average molecular weight is 261 g/mol. The number of carbonyl (C=O) groups excluding carboxylic acids is 1. The number of nitrogens with zero attached hydrogens (tertiary/aromatic N) is 1. The first-order valence-electron chi connectivity index (χ1n) is 6.83. The number of hydrogen-bond acceptors (Lipinski definition) is 4. The summed E-state index contributed by atoms with van der Waals surface area (Å²) in [6, 6.07) is 7.80. The Morgan fingerprint density at radius 1 is 1.16 bits per heavy atom. The summed E-state index contributed by atoms with van der Waals surface area (Å²) in [5, 5.41) is 0. The summed E-state index contributed by atoms with van der Waals surface area (Å²) in [6.45, 7) is 4.75. The van der Waals surface area contributed by atoms with E-state index in [4.69, 9.17) is 9.47 Å². The summed E-state index contributed by atoms with van der Waals surface area (Å²) in [5.74, 6) is -0.244. The molecule has 2 saturated heterocycles. The van der Waals surface area contributed by atoms with E-state index >= 15 is 0 Å². The van der Waals surface area contributed by atoms with E-state index in [-0.39, 0.29) is 11.6 Å². The SMILES string of the molecule is CC(=O)c1ccccc1N1CCC2(CC1)OCCO2. The predicted molar refractivity (Wildman–Crippen MR) is 72.5 cm³/mol. The molecule has 0 aromatic heterocycles. The van der Waals surface area contributed by atoms with Gasteiger partial charge in [-0.1, -0.05) is 12.1 Å². The Balaban J connectivity index is 1.76. The van der Waals surface area contributed by atoms with Crippen molar-refractivity contribution in [1.82, 2.24) is 0 Å². The molecule has 1 spiro atoms. The molecule has 2 aliphatic rings. The molecule has 2 aliphatic heterocycles. The third kappa shape index (κ3) is 2.38. The lowest BCUT2D eigenvalue weighted by Gasteiger charge is -2.39. The van der Waals surface area contributed by atoms with Crippen LogP contribution in [0.4, 0.5) is 5.69 Å². The Morgan fingerprint density at radius 2 is 1.79 bits per heavy atom. The van der Waals surface area contributed by atoms with Crippen LogP contribution < -0.4 is 4.90 Å². The molecule has 0 amide bonds. The van der Waals surface area contributed by atoms with Crippen molar-refractivity contribution in [2.45, 2.75) is 25.6 Å². The Hall–Kier alpha value is -1.39. The van der Waals surface area contributed by atoms with Crippen LogP contribution in [0.2, 0.25) is 0 Å². The highest BCUT2D eigenvalue weighted by molar-refractivity contribution is 5.99. The molecule has 3 rings (SSSR count). The van der Waals surface area contributed by atoms with Crippen LogP contribution in [0.3, 0.4) is 0 Å². The number of Topliss-reactive ketones (excluding diaryl/α,β-unsaturated/α-hetero) is 1. The zero-order chi connectivity index (χ0) is 13.3. The van der Waals surface area contributed by atoms with Gasteiger partial charge < -0.3 is 14.4 Å². The molecule has 2 heterocycles. The van der Waals surface area contributed by atoms with Gasteiger partial charge >= 0.3 is 0 Å². The topological polar surface area (TPSA) is 38.8 Å². The number of piperidine rings is 1. The zero-order valence-electron chi connectivity index (χ0n) is 11.2. The van der Waals surface area contributed by atoms with E-state index in [2.05, 4.69) is 4.90 Å². The molecule has 4 heteroatoms. The monoisotopic (exact) mass is 261 g/mol. The molecule has 0 unspecified atom stereocenters. The number of benzene rings is 1. The molecule has 2 fully saturated rings. The van der Waals surface area contributed by atoms with Crippen molar-refractivity contribution in [1.29, 1.82) is 0 Å². The first-order chi connectivity index (χ1) is 9.20. The summed E-state index contributed by atoms with van der Waals surface area (Å²) in [6.07, 6.45) is 1.72. The van der Waals surface area contributed by atoms with Gasteiger partial charge in [0.05, 0.1) is 13.2 Å².